The van der Waals surface area contributed by atoms with Crippen LogP contribution in [0.1, 0.15) is 33.6 Å². The van der Waals surface area contributed by atoms with E-state index in [0.717, 1.165) is 0 Å². The van der Waals surface area contributed by atoms with Crippen LogP contribution >= 0.6 is 0 Å². The second-order valence-corrected chi connectivity index (χ2v) is 8.07. The molecule has 22 heavy (non-hydrogen) atoms. The first-order chi connectivity index (χ1) is 9.98. The van der Waals surface area contributed by atoms with E-state index < -0.39 is 46.3 Å². The lowest BCUT2D eigenvalue weighted by Gasteiger charge is -2.69. The van der Waals surface area contributed by atoms with Crippen LogP contribution in [0.5, 0.6) is 0 Å². The molecular weight excluding hydrogens is 292 g/mol. The molecule has 126 valence electrons. The third-order valence-corrected chi connectivity index (χ3v) is 7.49. The standard InChI is InChI=1S/C15H24O7/c1-7-4-8(16)15(20)11(2)6-21-10-9(17)13(7,15)5-14(19,22-10)12(11,3)18/h7-10,16-20H,4-6H2,1-3H3/t7-,8-,9+,10+,11+,12-,13-,14-,15+/m1/s1. The summed E-state index contributed by atoms with van der Waals surface area (Å²) in [6.07, 6.45) is -3.34. The minimum atomic E-state index is -1.95. The summed E-state index contributed by atoms with van der Waals surface area (Å²) in [5, 5.41) is 55.1. The average molecular weight is 316 g/mol. The molecule has 2 saturated carbocycles. The number of ether oxygens (including phenoxy) is 2. The fourth-order valence-corrected chi connectivity index (χ4v) is 5.86. The van der Waals surface area contributed by atoms with Crippen molar-refractivity contribution in [1.29, 1.82) is 0 Å². The van der Waals surface area contributed by atoms with Gasteiger partial charge >= 0.3 is 0 Å². The van der Waals surface area contributed by atoms with Crippen molar-refractivity contribution in [3.05, 3.63) is 0 Å². The van der Waals surface area contributed by atoms with Gasteiger partial charge in [0.05, 0.1) is 18.1 Å². The lowest BCUT2D eigenvalue weighted by molar-refractivity contribution is -0.452. The summed E-state index contributed by atoms with van der Waals surface area (Å²) in [6, 6.07) is 0. The lowest BCUT2D eigenvalue weighted by atomic mass is 9.43. The average Bonchev–Trinajstić information content (AvgIpc) is 2.56. The molecule has 5 aliphatic rings. The van der Waals surface area contributed by atoms with Crippen LogP contribution in [0.25, 0.3) is 0 Å². The van der Waals surface area contributed by atoms with Crippen molar-refractivity contribution in [2.24, 2.45) is 16.7 Å². The molecule has 5 fully saturated rings. The zero-order valence-electron chi connectivity index (χ0n) is 13.0. The fraction of sp³-hybridized carbons (Fsp3) is 1.00. The Morgan fingerprint density at radius 3 is 2.36 bits per heavy atom. The lowest BCUT2D eigenvalue weighted by Crippen LogP contribution is -2.84. The highest BCUT2D eigenvalue weighted by Crippen LogP contribution is 2.74. The van der Waals surface area contributed by atoms with Crippen molar-refractivity contribution < 1.29 is 35.0 Å². The Balaban J connectivity index is 2.08. The van der Waals surface area contributed by atoms with Gasteiger partial charge in [-0.1, -0.05) is 13.8 Å². The van der Waals surface area contributed by atoms with Gasteiger partial charge in [-0.05, 0) is 19.3 Å². The molecule has 1 spiro atoms. The summed E-state index contributed by atoms with van der Waals surface area (Å²) in [5.41, 5.74) is -6.23. The highest BCUT2D eigenvalue weighted by Gasteiger charge is 2.87. The smallest absolute Gasteiger partial charge is 0.199 e. The first-order valence-corrected chi connectivity index (χ1v) is 7.81. The predicted molar refractivity (Wildman–Crippen MR) is 72.3 cm³/mol. The highest BCUT2D eigenvalue weighted by atomic mass is 16.8. The molecule has 4 bridgehead atoms. The Labute approximate surface area is 128 Å². The van der Waals surface area contributed by atoms with Crippen LogP contribution in [-0.4, -0.2) is 67.6 Å². The normalized spacial score (nSPS) is 69.8. The van der Waals surface area contributed by atoms with Crippen LogP contribution in [0.2, 0.25) is 0 Å². The van der Waals surface area contributed by atoms with Crippen LogP contribution < -0.4 is 0 Å². The van der Waals surface area contributed by atoms with Gasteiger partial charge in [-0.2, -0.15) is 0 Å². The molecule has 3 heterocycles. The van der Waals surface area contributed by atoms with E-state index in [1.165, 1.54) is 6.92 Å². The Morgan fingerprint density at radius 2 is 1.73 bits per heavy atom. The van der Waals surface area contributed by atoms with Crippen molar-refractivity contribution >= 4 is 0 Å². The summed E-state index contributed by atoms with van der Waals surface area (Å²) in [7, 11) is 0. The van der Waals surface area contributed by atoms with E-state index in [2.05, 4.69) is 0 Å². The Bertz CT molecular complexity index is 530. The summed E-state index contributed by atoms with van der Waals surface area (Å²) < 4.78 is 11.1. The molecule has 0 unspecified atom stereocenters. The van der Waals surface area contributed by atoms with Crippen LogP contribution in [0, 0.1) is 16.7 Å². The number of hydrogen-bond acceptors (Lipinski definition) is 7. The number of aliphatic hydroxyl groups is 5. The number of hydrogen-bond donors (Lipinski definition) is 5. The monoisotopic (exact) mass is 316 g/mol. The zero-order chi connectivity index (χ0) is 16.3. The maximum Gasteiger partial charge on any atom is 0.199 e. The summed E-state index contributed by atoms with van der Waals surface area (Å²) >= 11 is 0. The maximum absolute atomic E-state index is 11.6. The molecule has 5 N–H and O–H groups in total. The van der Waals surface area contributed by atoms with Gasteiger partial charge in [0, 0.05) is 11.8 Å². The summed E-state index contributed by atoms with van der Waals surface area (Å²) in [4.78, 5) is 0. The predicted octanol–water partition coefficient (Wildman–Crippen LogP) is -1.30. The Morgan fingerprint density at radius 1 is 1.09 bits per heavy atom. The van der Waals surface area contributed by atoms with Gasteiger partial charge in [0.15, 0.2) is 12.1 Å². The SMILES string of the molecule is C[C@@H]1C[C@@H](O)[C@@]2(O)[C@]13C[C@@]1(O)O[C@H](OC[C@@]2(C)[C@@]1(C)O)[C@@H]3O. The van der Waals surface area contributed by atoms with E-state index in [4.69, 9.17) is 9.47 Å². The van der Waals surface area contributed by atoms with Crippen molar-refractivity contribution in [3.63, 3.8) is 0 Å². The first kappa shape index (κ1) is 15.3. The van der Waals surface area contributed by atoms with Gasteiger partial charge in [-0.3, -0.25) is 0 Å². The van der Waals surface area contributed by atoms with Crippen LogP contribution in [0.4, 0.5) is 0 Å². The van der Waals surface area contributed by atoms with E-state index in [9.17, 15) is 25.5 Å². The quantitative estimate of drug-likeness (QED) is 0.377. The van der Waals surface area contributed by atoms with E-state index in [-0.39, 0.29) is 25.4 Å². The molecule has 0 aromatic carbocycles. The van der Waals surface area contributed by atoms with Crippen LogP contribution in [0.15, 0.2) is 0 Å². The van der Waals surface area contributed by atoms with Gasteiger partial charge in [0.25, 0.3) is 0 Å². The van der Waals surface area contributed by atoms with Crippen LogP contribution in [0.3, 0.4) is 0 Å². The first-order valence-electron chi connectivity index (χ1n) is 7.81. The zero-order valence-corrected chi connectivity index (χ0v) is 13.0. The van der Waals surface area contributed by atoms with E-state index in [1.54, 1.807) is 6.92 Å². The molecule has 3 aliphatic heterocycles. The fourth-order valence-electron chi connectivity index (χ4n) is 5.86. The third-order valence-electron chi connectivity index (χ3n) is 7.49. The Kier molecular flexibility index (Phi) is 2.56. The molecule has 3 saturated heterocycles. The van der Waals surface area contributed by atoms with Gasteiger partial charge in [0.1, 0.15) is 17.3 Å². The molecule has 2 aliphatic carbocycles. The molecule has 0 radical (unpaired) electrons. The number of rotatable bonds is 0. The molecule has 7 nitrogen and oxygen atoms in total. The van der Waals surface area contributed by atoms with Crippen molar-refractivity contribution in [2.75, 3.05) is 6.61 Å². The second-order valence-electron chi connectivity index (χ2n) is 8.07. The van der Waals surface area contributed by atoms with Crippen LogP contribution in [-0.2, 0) is 9.47 Å². The molecule has 0 aromatic rings. The van der Waals surface area contributed by atoms with Crippen molar-refractivity contribution in [2.45, 2.75) is 69.1 Å². The van der Waals surface area contributed by atoms with Gasteiger partial charge < -0.3 is 35.0 Å². The van der Waals surface area contributed by atoms with E-state index >= 15 is 0 Å². The summed E-state index contributed by atoms with van der Waals surface area (Å²) in [6.45, 7) is 4.68. The van der Waals surface area contributed by atoms with Gasteiger partial charge in [-0.25, -0.2) is 0 Å². The molecule has 0 aromatic heterocycles. The van der Waals surface area contributed by atoms with Crippen molar-refractivity contribution in [3.8, 4) is 0 Å². The molecule has 0 amide bonds. The van der Waals surface area contributed by atoms with Gasteiger partial charge in [0.2, 0.25) is 0 Å². The molecule has 5 rings (SSSR count). The largest absolute Gasteiger partial charge is 0.390 e. The van der Waals surface area contributed by atoms with E-state index in [1.807, 2.05) is 6.92 Å². The van der Waals surface area contributed by atoms with E-state index in [0.29, 0.717) is 0 Å². The number of aliphatic hydroxyl groups excluding tert-OH is 2. The highest BCUT2D eigenvalue weighted by molar-refractivity contribution is 5.33. The number of fused-ring (bicyclic) bond motifs is 1. The van der Waals surface area contributed by atoms with Gasteiger partial charge in [-0.15, -0.1) is 0 Å². The molecule has 7 heteroatoms. The topological polar surface area (TPSA) is 120 Å². The maximum atomic E-state index is 11.6. The minimum Gasteiger partial charge on any atom is -0.390 e. The Hall–Kier alpha value is -0.280. The third kappa shape index (κ3) is 1.12. The van der Waals surface area contributed by atoms with Crippen molar-refractivity contribution in [1.82, 2.24) is 0 Å². The molecular formula is C15H24O7. The summed E-state index contributed by atoms with van der Waals surface area (Å²) in [5.74, 6) is -2.22. The second kappa shape index (κ2) is 3.69. The minimum absolute atomic E-state index is 0.133. The molecule has 9 atom stereocenters.